The Bertz CT molecular complexity index is 1170. The van der Waals surface area contributed by atoms with Crippen LogP contribution in [-0.2, 0) is 10.9 Å². The second-order valence-electron chi connectivity index (χ2n) is 8.28. The van der Waals surface area contributed by atoms with E-state index in [0.717, 1.165) is 40.0 Å². The van der Waals surface area contributed by atoms with Crippen LogP contribution in [-0.4, -0.2) is 40.2 Å². The van der Waals surface area contributed by atoms with Crippen LogP contribution in [0.4, 0.5) is 13.2 Å². The third kappa shape index (κ3) is 5.96. The van der Waals surface area contributed by atoms with E-state index in [4.69, 9.17) is 9.47 Å². The maximum Gasteiger partial charge on any atom is 0.451 e. The first-order valence-corrected chi connectivity index (χ1v) is 12.0. The summed E-state index contributed by atoms with van der Waals surface area (Å²) in [5.74, 6) is -1.09. The second kappa shape index (κ2) is 10.3. The summed E-state index contributed by atoms with van der Waals surface area (Å²) in [5.41, 5.74) is 2.41. The van der Waals surface area contributed by atoms with Gasteiger partial charge in [-0.3, -0.25) is 4.79 Å². The summed E-state index contributed by atoms with van der Waals surface area (Å²) in [4.78, 5) is 25.7. The van der Waals surface area contributed by atoms with E-state index in [1.54, 1.807) is 12.1 Å². The fourth-order valence-electron chi connectivity index (χ4n) is 3.64. The Hall–Kier alpha value is -3.05. The van der Waals surface area contributed by atoms with Crippen molar-refractivity contribution >= 4 is 17.2 Å². The monoisotopic (exact) mass is 506 g/mol. The van der Waals surface area contributed by atoms with Gasteiger partial charge < -0.3 is 14.8 Å². The fraction of sp³-hybridized carbons (Fsp3) is 0.417. The zero-order valence-corrected chi connectivity index (χ0v) is 20.3. The molecule has 1 N–H and O–H groups in total. The summed E-state index contributed by atoms with van der Waals surface area (Å²) < 4.78 is 49.9. The van der Waals surface area contributed by atoms with E-state index >= 15 is 0 Å². The van der Waals surface area contributed by atoms with E-state index in [9.17, 15) is 18.0 Å². The number of aromatic nitrogens is 3. The lowest BCUT2D eigenvalue weighted by atomic mass is 10.1. The van der Waals surface area contributed by atoms with Gasteiger partial charge in [0.15, 0.2) is 0 Å². The summed E-state index contributed by atoms with van der Waals surface area (Å²) in [5, 5.41) is 3.65. The maximum atomic E-state index is 13.2. The number of ether oxygens (including phenoxy) is 2. The Morgan fingerprint density at radius 1 is 1.26 bits per heavy atom. The van der Waals surface area contributed by atoms with Gasteiger partial charge in [0.05, 0.1) is 24.9 Å². The molecule has 0 radical (unpaired) electrons. The number of benzene rings is 1. The predicted octanol–water partition coefficient (Wildman–Crippen LogP) is 5.28. The van der Waals surface area contributed by atoms with Crippen molar-refractivity contribution in [2.24, 2.45) is 0 Å². The zero-order valence-electron chi connectivity index (χ0n) is 19.5. The minimum atomic E-state index is -4.63. The number of alkyl halides is 3. The second-order valence-corrected chi connectivity index (χ2v) is 9.49. The van der Waals surface area contributed by atoms with Crippen LogP contribution in [0.2, 0.25) is 0 Å². The van der Waals surface area contributed by atoms with E-state index in [1.165, 1.54) is 11.3 Å². The van der Waals surface area contributed by atoms with Crippen LogP contribution in [0.3, 0.4) is 0 Å². The molecule has 1 fully saturated rings. The number of thiazole rings is 1. The highest BCUT2D eigenvalue weighted by Crippen LogP contribution is 2.32. The fourth-order valence-corrected chi connectivity index (χ4v) is 4.54. The number of carbonyl (C=O) groups is 1. The lowest BCUT2D eigenvalue weighted by Gasteiger charge is -2.19. The lowest BCUT2D eigenvalue weighted by molar-refractivity contribution is -0.145. The van der Waals surface area contributed by atoms with Gasteiger partial charge in [-0.15, -0.1) is 11.3 Å². The van der Waals surface area contributed by atoms with Crippen LogP contribution in [0.5, 0.6) is 5.75 Å². The molecule has 3 heterocycles. The first kappa shape index (κ1) is 25.1. The number of nitrogens with zero attached hydrogens (tertiary/aromatic N) is 3. The molecule has 1 aliphatic heterocycles. The summed E-state index contributed by atoms with van der Waals surface area (Å²) in [6.07, 6.45) is -1.35. The van der Waals surface area contributed by atoms with Gasteiger partial charge in [-0.1, -0.05) is 6.92 Å². The van der Waals surface area contributed by atoms with Crippen molar-refractivity contribution in [3.63, 3.8) is 0 Å². The molecule has 0 saturated carbocycles. The average Bonchev–Trinajstić information content (AvgIpc) is 3.46. The van der Waals surface area contributed by atoms with Crippen LogP contribution in [0.25, 0.3) is 10.6 Å². The van der Waals surface area contributed by atoms with Gasteiger partial charge in [-0.25, -0.2) is 15.0 Å². The van der Waals surface area contributed by atoms with Gasteiger partial charge in [0.1, 0.15) is 16.9 Å². The number of rotatable bonds is 7. The highest BCUT2D eigenvalue weighted by molar-refractivity contribution is 7.15. The number of nitrogens with one attached hydrogen (secondary N) is 1. The number of halogens is 3. The Balaban J connectivity index is 1.61. The van der Waals surface area contributed by atoms with E-state index in [1.807, 2.05) is 26.8 Å². The zero-order chi connectivity index (χ0) is 25.2. The standard InChI is InChI=1S/C24H25F3N4O3S/c1-4-20(17-10-28-23(29-11-17)24(25,26)27)31-21(32)15-7-16(22-30-13(2)14(3)35-22)9-19(8-15)34-18-5-6-33-12-18/h7-11,18,20H,4-6,12H2,1-3H3,(H,31,32)/t18-,20-/m1/s1. The van der Waals surface area contributed by atoms with Crippen molar-refractivity contribution in [1.29, 1.82) is 0 Å². The molecule has 186 valence electrons. The Morgan fingerprint density at radius 2 is 2.00 bits per heavy atom. The van der Waals surface area contributed by atoms with Gasteiger partial charge in [0.2, 0.25) is 5.82 Å². The third-order valence-electron chi connectivity index (χ3n) is 5.68. The van der Waals surface area contributed by atoms with Gasteiger partial charge in [-0.2, -0.15) is 13.2 Å². The number of hydrogen-bond donors (Lipinski definition) is 1. The molecule has 0 bridgehead atoms. The van der Waals surface area contributed by atoms with Gasteiger partial charge >= 0.3 is 6.18 Å². The molecule has 4 rings (SSSR count). The molecule has 1 aromatic carbocycles. The topological polar surface area (TPSA) is 86.2 Å². The van der Waals surface area contributed by atoms with Gasteiger partial charge in [-0.05, 0) is 38.5 Å². The van der Waals surface area contributed by atoms with Gasteiger partial charge in [0.25, 0.3) is 5.91 Å². The number of carbonyl (C=O) groups excluding carboxylic acids is 1. The van der Waals surface area contributed by atoms with Crippen molar-refractivity contribution in [3.8, 4) is 16.3 Å². The smallest absolute Gasteiger partial charge is 0.451 e. The average molecular weight is 507 g/mol. The molecule has 2 aromatic heterocycles. The largest absolute Gasteiger partial charge is 0.488 e. The van der Waals surface area contributed by atoms with Crippen molar-refractivity contribution < 1.29 is 27.4 Å². The van der Waals surface area contributed by atoms with E-state index < -0.39 is 23.9 Å². The van der Waals surface area contributed by atoms with Crippen LogP contribution in [0.1, 0.15) is 58.1 Å². The summed E-state index contributed by atoms with van der Waals surface area (Å²) >= 11 is 1.53. The number of aryl methyl sites for hydroxylation is 2. The van der Waals surface area contributed by atoms with Crippen molar-refractivity contribution in [1.82, 2.24) is 20.3 Å². The first-order chi connectivity index (χ1) is 16.6. The normalized spacial score (nSPS) is 16.8. The molecule has 2 atom stereocenters. The predicted molar refractivity (Wildman–Crippen MR) is 124 cm³/mol. The molecule has 11 heteroatoms. The molecular weight excluding hydrogens is 481 g/mol. The van der Waals surface area contributed by atoms with Gasteiger partial charge in [0, 0.05) is 40.4 Å². The highest BCUT2D eigenvalue weighted by Gasteiger charge is 2.34. The third-order valence-corrected chi connectivity index (χ3v) is 6.80. The number of hydrogen-bond acceptors (Lipinski definition) is 7. The molecule has 0 unspecified atom stereocenters. The van der Waals surface area contributed by atoms with Crippen LogP contribution < -0.4 is 10.1 Å². The van der Waals surface area contributed by atoms with Crippen LogP contribution in [0.15, 0.2) is 30.6 Å². The first-order valence-electron chi connectivity index (χ1n) is 11.2. The maximum absolute atomic E-state index is 13.2. The quantitative estimate of drug-likeness (QED) is 0.469. The molecule has 1 amide bonds. The Morgan fingerprint density at radius 3 is 2.57 bits per heavy atom. The molecule has 35 heavy (non-hydrogen) atoms. The van der Waals surface area contributed by atoms with Crippen molar-refractivity contribution in [3.05, 3.63) is 58.1 Å². The molecule has 3 aromatic rings. The summed E-state index contributed by atoms with van der Waals surface area (Å²) in [6.45, 7) is 6.83. The molecule has 7 nitrogen and oxygen atoms in total. The van der Waals surface area contributed by atoms with Crippen molar-refractivity contribution in [2.75, 3.05) is 13.2 Å². The highest BCUT2D eigenvalue weighted by atomic mass is 32.1. The Labute approximate surface area is 204 Å². The Kier molecular flexibility index (Phi) is 7.36. The summed E-state index contributed by atoms with van der Waals surface area (Å²) in [7, 11) is 0. The van der Waals surface area contributed by atoms with Crippen LogP contribution in [0, 0.1) is 13.8 Å². The van der Waals surface area contributed by atoms with E-state index in [0.29, 0.717) is 36.5 Å². The minimum Gasteiger partial charge on any atom is -0.488 e. The van der Waals surface area contributed by atoms with E-state index in [-0.39, 0.29) is 6.10 Å². The number of amides is 1. The molecular formula is C24H25F3N4O3S. The molecule has 0 aliphatic carbocycles. The minimum absolute atomic E-state index is 0.103. The summed E-state index contributed by atoms with van der Waals surface area (Å²) in [6, 6.07) is 4.68. The SMILES string of the molecule is CC[C@@H](NC(=O)c1cc(O[C@@H]2CCOC2)cc(-c2nc(C)c(C)s2)c1)c1cnc(C(F)(F)F)nc1. The van der Waals surface area contributed by atoms with Crippen molar-refractivity contribution in [2.45, 2.75) is 51.9 Å². The molecule has 1 saturated heterocycles. The van der Waals surface area contributed by atoms with E-state index in [2.05, 4.69) is 20.3 Å². The van der Waals surface area contributed by atoms with Crippen LogP contribution >= 0.6 is 11.3 Å². The molecule has 1 aliphatic rings. The lowest BCUT2D eigenvalue weighted by Crippen LogP contribution is -2.28. The molecule has 0 spiro atoms.